The zero-order chi connectivity index (χ0) is 15.8. The molecule has 5 nitrogen and oxygen atoms in total. The van der Waals surface area contributed by atoms with Crippen LogP contribution in [-0.2, 0) is 6.42 Å². The normalized spacial score (nSPS) is 10.0. The monoisotopic (exact) mass is 300 g/mol. The third kappa shape index (κ3) is 5.01. The van der Waals surface area contributed by atoms with Crippen LogP contribution in [0.15, 0.2) is 48.5 Å². The van der Waals surface area contributed by atoms with Crippen LogP contribution >= 0.6 is 0 Å². The zero-order valence-electron chi connectivity index (χ0n) is 12.5. The van der Waals surface area contributed by atoms with E-state index in [2.05, 4.69) is 10.6 Å². The number of carbonyl (C=O) groups excluding carboxylic acids is 1. The molecule has 0 atom stereocenters. The summed E-state index contributed by atoms with van der Waals surface area (Å²) in [6, 6.07) is 13.9. The van der Waals surface area contributed by atoms with Crippen molar-refractivity contribution >= 4 is 11.7 Å². The molecule has 2 amide bonds. The second kappa shape index (κ2) is 7.93. The molecule has 0 radical (unpaired) electrons. The van der Waals surface area contributed by atoms with E-state index in [1.807, 2.05) is 31.2 Å². The van der Waals surface area contributed by atoms with Gasteiger partial charge in [0.25, 0.3) is 0 Å². The number of phenols is 1. The number of anilines is 1. The first-order chi connectivity index (χ1) is 10.7. The molecule has 2 aromatic rings. The molecule has 0 aromatic heterocycles. The number of hydrogen-bond acceptors (Lipinski definition) is 3. The maximum absolute atomic E-state index is 11.8. The number of carbonyl (C=O) groups is 1. The molecule has 2 rings (SSSR count). The third-order valence-electron chi connectivity index (χ3n) is 3.06. The molecule has 0 fully saturated rings. The standard InChI is InChI=1S/C17H20N2O3/c1-2-22-16-9-5-14(6-10-16)19-17(21)18-12-11-13-3-7-15(20)8-4-13/h3-10,20H,2,11-12H2,1H3,(H2,18,19,21). The van der Waals surface area contributed by atoms with Crippen LogP contribution < -0.4 is 15.4 Å². The van der Waals surface area contributed by atoms with E-state index in [0.717, 1.165) is 11.3 Å². The summed E-state index contributed by atoms with van der Waals surface area (Å²) in [5, 5.41) is 14.8. The molecule has 0 bridgehead atoms. The molecule has 0 saturated heterocycles. The fraction of sp³-hybridized carbons (Fsp3) is 0.235. The first-order valence-electron chi connectivity index (χ1n) is 7.23. The van der Waals surface area contributed by atoms with Crippen molar-refractivity contribution in [3.05, 3.63) is 54.1 Å². The minimum absolute atomic E-state index is 0.241. The van der Waals surface area contributed by atoms with Crippen LogP contribution in [0.3, 0.4) is 0 Å². The van der Waals surface area contributed by atoms with Crippen molar-refractivity contribution in [3.63, 3.8) is 0 Å². The Morgan fingerprint density at radius 3 is 2.41 bits per heavy atom. The molecule has 0 unspecified atom stereocenters. The first kappa shape index (κ1) is 15.7. The molecule has 116 valence electrons. The lowest BCUT2D eigenvalue weighted by atomic mass is 10.1. The van der Waals surface area contributed by atoms with Gasteiger partial charge in [-0.3, -0.25) is 0 Å². The molecule has 0 aliphatic heterocycles. The predicted octanol–water partition coefficient (Wildman–Crippen LogP) is 3.16. The van der Waals surface area contributed by atoms with Gasteiger partial charge in [0, 0.05) is 12.2 Å². The Kier molecular flexibility index (Phi) is 5.65. The number of amides is 2. The van der Waals surface area contributed by atoms with Crippen molar-refractivity contribution in [2.24, 2.45) is 0 Å². The summed E-state index contributed by atoms with van der Waals surface area (Å²) in [6.07, 6.45) is 0.705. The number of hydrogen-bond donors (Lipinski definition) is 3. The van der Waals surface area contributed by atoms with Crippen LogP contribution in [0, 0.1) is 0 Å². The smallest absolute Gasteiger partial charge is 0.319 e. The third-order valence-corrected chi connectivity index (χ3v) is 3.06. The summed E-state index contributed by atoms with van der Waals surface area (Å²) in [6.45, 7) is 3.06. The minimum Gasteiger partial charge on any atom is -0.508 e. The number of ether oxygens (including phenoxy) is 1. The Labute approximate surface area is 129 Å². The van der Waals surface area contributed by atoms with Crippen LogP contribution in [0.25, 0.3) is 0 Å². The summed E-state index contributed by atoms with van der Waals surface area (Å²) in [5.41, 5.74) is 1.77. The molecule has 22 heavy (non-hydrogen) atoms. The number of phenolic OH excluding ortho intramolecular Hbond substituents is 1. The van der Waals surface area contributed by atoms with E-state index in [9.17, 15) is 9.90 Å². The average Bonchev–Trinajstić information content (AvgIpc) is 2.51. The van der Waals surface area contributed by atoms with Crippen molar-refractivity contribution in [2.45, 2.75) is 13.3 Å². The van der Waals surface area contributed by atoms with E-state index in [1.165, 1.54) is 0 Å². The van der Waals surface area contributed by atoms with Crippen molar-refractivity contribution < 1.29 is 14.6 Å². The van der Waals surface area contributed by atoms with E-state index in [1.54, 1.807) is 24.3 Å². The lowest BCUT2D eigenvalue weighted by Crippen LogP contribution is -2.30. The van der Waals surface area contributed by atoms with Crippen molar-refractivity contribution in [1.82, 2.24) is 5.32 Å². The fourth-order valence-electron chi connectivity index (χ4n) is 1.96. The number of urea groups is 1. The summed E-state index contributed by atoms with van der Waals surface area (Å²) in [5.74, 6) is 1.02. The highest BCUT2D eigenvalue weighted by Gasteiger charge is 2.02. The Bertz CT molecular complexity index is 594. The first-order valence-corrected chi connectivity index (χ1v) is 7.23. The summed E-state index contributed by atoms with van der Waals surface area (Å²) < 4.78 is 5.34. The lowest BCUT2D eigenvalue weighted by Gasteiger charge is -2.09. The Hall–Kier alpha value is -2.69. The molecular weight excluding hydrogens is 280 g/mol. The molecule has 0 heterocycles. The Morgan fingerprint density at radius 1 is 1.09 bits per heavy atom. The SMILES string of the molecule is CCOc1ccc(NC(=O)NCCc2ccc(O)cc2)cc1. The van der Waals surface area contributed by atoms with Gasteiger partial charge in [0.05, 0.1) is 6.61 Å². The second-order valence-electron chi connectivity index (χ2n) is 4.75. The van der Waals surface area contributed by atoms with Gasteiger partial charge in [-0.1, -0.05) is 12.1 Å². The summed E-state index contributed by atoms with van der Waals surface area (Å²) >= 11 is 0. The van der Waals surface area contributed by atoms with Gasteiger partial charge >= 0.3 is 6.03 Å². The van der Waals surface area contributed by atoms with Crippen molar-refractivity contribution in [2.75, 3.05) is 18.5 Å². The average molecular weight is 300 g/mol. The summed E-state index contributed by atoms with van der Waals surface area (Å²) in [4.78, 5) is 11.8. The van der Waals surface area contributed by atoms with Gasteiger partial charge in [-0.05, 0) is 55.3 Å². The number of aromatic hydroxyl groups is 1. The highest BCUT2D eigenvalue weighted by Crippen LogP contribution is 2.15. The zero-order valence-corrected chi connectivity index (χ0v) is 12.5. The summed E-state index contributed by atoms with van der Waals surface area (Å²) in [7, 11) is 0. The van der Waals surface area contributed by atoms with Gasteiger partial charge < -0.3 is 20.5 Å². The molecule has 2 aromatic carbocycles. The van der Waals surface area contributed by atoms with E-state index in [0.29, 0.717) is 25.3 Å². The largest absolute Gasteiger partial charge is 0.508 e. The van der Waals surface area contributed by atoms with Crippen LogP contribution in [0.5, 0.6) is 11.5 Å². The van der Waals surface area contributed by atoms with Gasteiger partial charge in [-0.2, -0.15) is 0 Å². The quantitative estimate of drug-likeness (QED) is 0.767. The molecule has 5 heteroatoms. The van der Waals surface area contributed by atoms with Gasteiger partial charge in [0.2, 0.25) is 0 Å². The number of rotatable bonds is 6. The molecule has 0 spiro atoms. The van der Waals surface area contributed by atoms with Crippen LogP contribution in [0.2, 0.25) is 0 Å². The molecular formula is C17H20N2O3. The molecule has 0 aliphatic rings. The van der Waals surface area contributed by atoms with Crippen LogP contribution in [-0.4, -0.2) is 24.3 Å². The van der Waals surface area contributed by atoms with Crippen molar-refractivity contribution in [3.8, 4) is 11.5 Å². The Morgan fingerprint density at radius 2 is 1.77 bits per heavy atom. The van der Waals surface area contributed by atoms with Gasteiger partial charge in [-0.25, -0.2) is 4.79 Å². The van der Waals surface area contributed by atoms with Gasteiger partial charge in [-0.15, -0.1) is 0 Å². The maximum atomic E-state index is 11.8. The molecule has 3 N–H and O–H groups in total. The fourth-order valence-corrected chi connectivity index (χ4v) is 1.96. The number of benzene rings is 2. The highest BCUT2D eigenvalue weighted by molar-refractivity contribution is 5.89. The van der Waals surface area contributed by atoms with E-state index < -0.39 is 0 Å². The maximum Gasteiger partial charge on any atom is 0.319 e. The van der Waals surface area contributed by atoms with E-state index in [-0.39, 0.29) is 11.8 Å². The second-order valence-corrected chi connectivity index (χ2v) is 4.75. The van der Waals surface area contributed by atoms with E-state index in [4.69, 9.17) is 4.74 Å². The van der Waals surface area contributed by atoms with Crippen molar-refractivity contribution in [1.29, 1.82) is 0 Å². The molecule has 0 saturated carbocycles. The van der Waals surface area contributed by atoms with E-state index >= 15 is 0 Å². The van der Waals surface area contributed by atoms with Crippen LogP contribution in [0.1, 0.15) is 12.5 Å². The lowest BCUT2D eigenvalue weighted by molar-refractivity contribution is 0.252. The number of nitrogens with one attached hydrogen (secondary N) is 2. The Balaban J connectivity index is 1.74. The minimum atomic E-state index is -0.247. The molecule has 0 aliphatic carbocycles. The van der Waals surface area contributed by atoms with Gasteiger partial charge in [0.15, 0.2) is 0 Å². The van der Waals surface area contributed by atoms with Crippen LogP contribution in [0.4, 0.5) is 10.5 Å². The highest BCUT2D eigenvalue weighted by atomic mass is 16.5. The predicted molar refractivity (Wildman–Crippen MR) is 86.4 cm³/mol. The van der Waals surface area contributed by atoms with Gasteiger partial charge in [0.1, 0.15) is 11.5 Å². The topological polar surface area (TPSA) is 70.6 Å².